The third-order valence-electron chi connectivity index (χ3n) is 4.33. The van der Waals surface area contributed by atoms with E-state index in [4.69, 9.17) is 0 Å². The molecule has 0 aromatic heterocycles. The van der Waals surface area contributed by atoms with Crippen LogP contribution in [0.5, 0.6) is 0 Å². The van der Waals surface area contributed by atoms with Gasteiger partial charge in [-0.2, -0.15) is 0 Å². The molecule has 0 rings (SSSR count). The van der Waals surface area contributed by atoms with E-state index < -0.39 is 0 Å². The molecular formula is C17H36. The fourth-order valence-electron chi connectivity index (χ4n) is 3.13. The second-order valence-electron chi connectivity index (χ2n) is 6.49. The van der Waals surface area contributed by atoms with Crippen molar-refractivity contribution in [3.8, 4) is 0 Å². The lowest BCUT2D eigenvalue weighted by Gasteiger charge is -2.24. The second kappa shape index (κ2) is 9.97. The predicted octanol–water partition coefficient (Wildman–Crippen LogP) is 6.30. The quantitative estimate of drug-likeness (QED) is 0.420. The Bertz CT molecular complexity index is 161. The Morgan fingerprint density at radius 2 is 1.24 bits per heavy atom. The zero-order chi connectivity index (χ0) is 13.3. The minimum atomic E-state index is 0.913. The van der Waals surface area contributed by atoms with E-state index in [0.29, 0.717) is 0 Å². The van der Waals surface area contributed by atoms with Gasteiger partial charge >= 0.3 is 0 Å². The van der Waals surface area contributed by atoms with Gasteiger partial charge in [0.2, 0.25) is 0 Å². The first kappa shape index (κ1) is 17.0. The van der Waals surface area contributed by atoms with E-state index in [-0.39, 0.29) is 0 Å². The van der Waals surface area contributed by atoms with Gasteiger partial charge in [0.15, 0.2) is 0 Å². The van der Waals surface area contributed by atoms with Gasteiger partial charge in [0.05, 0.1) is 0 Å². The summed E-state index contributed by atoms with van der Waals surface area (Å²) in [4.78, 5) is 0. The number of hydrogen-bond acceptors (Lipinski definition) is 0. The predicted molar refractivity (Wildman–Crippen MR) is 80.3 cm³/mol. The van der Waals surface area contributed by atoms with Crippen molar-refractivity contribution in [2.24, 2.45) is 23.7 Å². The summed E-state index contributed by atoms with van der Waals surface area (Å²) in [6.45, 7) is 14.3. The van der Waals surface area contributed by atoms with E-state index in [1.165, 1.54) is 44.9 Å². The maximum absolute atomic E-state index is 2.46. The summed E-state index contributed by atoms with van der Waals surface area (Å²) in [5.74, 6) is 3.73. The van der Waals surface area contributed by atoms with E-state index in [0.717, 1.165) is 23.7 Å². The summed E-state index contributed by atoms with van der Waals surface area (Å²) >= 11 is 0. The molecule has 17 heavy (non-hydrogen) atoms. The van der Waals surface area contributed by atoms with Crippen molar-refractivity contribution in [2.45, 2.75) is 86.5 Å². The first-order valence-corrected chi connectivity index (χ1v) is 8.03. The molecule has 0 N–H and O–H groups in total. The van der Waals surface area contributed by atoms with Crippen molar-refractivity contribution in [3.63, 3.8) is 0 Å². The van der Waals surface area contributed by atoms with Crippen molar-refractivity contribution >= 4 is 0 Å². The smallest absolute Gasteiger partial charge is 0.0412 e. The van der Waals surface area contributed by atoms with Crippen LogP contribution in [0.1, 0.15) is 86.5 Å². The topological polar surface area (TPSA) is 0 Å². The molecule has 0 aliphatic carbocycles. The fraction of sp³-hybridized carbons (Fsp3) is 1.00. The van der Waals surface area contributed by atoms with Crippen LogP contribution < -0.4 is 0 Å². The average Bonchev–Trinajstić information content (AvgIpc) is 2.28. The average molecular weight is 240 g/mol. The van der Waals surface area contributed by atoms with Gasteiger partial charge in [-0.25, -0.2) is 0 Å². The molecular weight excluding hydrogens is 204 g/mol. The zero-order valence-corrected chi connectivity index (χ0v) is 13.3. The minimum Gasteiger partial charge on any atom is -0.0654 e. The third-order valence-corrected chi connectivity index (χ3v) is 4.33. The molecule has 0 aromatic rings. The first-order chi connectivity index (χ1) is 8.03. The van der Waals surface area contributed by atoms with Gasteiger partial charge in [-0.05, 0) is 42.9 Å². The summed E-state index contributed by atoms with van der Waals surface area (Å²) < 4.78 is 0. The monoisotopic (exact) mass is 240 g/mol. The molecule has 0 heteroatoms. The maximum atomic E-state index is 2.46. The summed E-state index contributed by atoms with van der Waals surface area (Å²) in [5.41, 5.74) is 0. The zero-order valence-electron chi connectivity index (χ0n) is 13.3. The van der Waals surface area contributed by atoms with Crippen molar-refractivity contribution in [3.05, 3.63) is 0 Å². The highest BCUT2D eigenvalue weighted by Gasteiger charge is 2.16. The highest BCUT2D eigenvalue weighted by molar-refractivity contribution is 4.67. The van der Waals surface area contributed by atoms with Crippen molar-refractivity contribution in [2.75, 3.05) is 0 Å². The molecule has 0 amide bonds. The lowest BCUT2D eigenvalue weighted by atomic mass is 9.82. The van der Waals surface area contributed by atoms with Crippen LogP contribution in [0.3, 0.4) is 0 Å². The lowest BCUT2D eigenvalue weighted by molar-refractivity contribution is 0.278. The molecule has 0 aliphatic heterocycles. The van der Waals surface area contributed by atoms with Crippen molar-refractivity contribution in [1.29, 1.82) is 0 Å². The van der Waals surface area contributed by atoms with Gasteiger partial charge in [0.1, 0.15) is 0 Å². The van der Waals surface area contributed by atoms with E-state index >= 15 is 0 Å². The Morgan fingerprint density at radius 1 is 0.647 bits per heavy atom. The molecule has 0 radical (unpaired) electrons. The van der Waals surface area contributed by atoms with Crippen molar-refractivity contribution < 1.29 is 0 Å². The standard InChI is InChI=1S/C17H36/c1-7-10-15(5)12-17(9-3)13-16(6)11-14(4)8-2/h14-17H,7-13H2,1-6H3. The van der Waals surface area contributed by atoms with Gasteiger partial charge in [-0.1, -0.05) is 67.2 Å². The molecule has 4 atom stereocenters. The Hall–Kier alpha value is 0. The molecule has 0 saturated carbocycles. The third kappa shape index (κ3) is 8.69. The van der Waals surface area contributed by atoms with Gasteiger partial charge < -0.3 is 0 Å². The van der Waals surface area contributed by atoms with Gasteiger partial charge in [0.25, 0.3) is 0 Å². The first-order valence-electron chi connectivity index (χ1n) is 8.03. The van der Waals surface area contributed by atoms with Crippen LogP contribution in [-0.4, -0.2) is 0 Å². The summed E-state index contributed by atoms with van der Waals surface area (Å²) in [5, 5.41) is 0. The molecule has 0 heterocycles. The van der Waals surface area contributed by atoms with E-state index in [1.807, 2.05) is 0 Å². The Morgan fingerprint density at radius 3 is 1.71 bits per heavy atom. The Kier molecular flexibility index (Phi) is 9.97. The molecule has 0 bridgehead atoms. The second-order valence-corrected chi connectivity index (χ2v) is 6.49. The molecule has 0 nitrogen and oxygen atoms in total. The Labute approximate surface area is 111 Å². The fourth-order valence-corrected chi connectivity index (χ4v) is 3.13. The normalized spacial score (nSPS) is 18.7. The summed E-state index contributed by atoms with van der Waals surface area (Å²) in [7, 11) is 0. The van der Waals surface area contributed by atoms with E-state index in [1.54, 1.807) is 0 Å². The van der Waals surface area contributed by atoms with Crippen molar-refractivity contribution in [1.82, 2.24) is 0 Å². The minimum absolute atomic E-state index is 0.913. The van der Waals surface area contributed by atoms with Crippen LogP contribution in [0.15, 0.2) is 0 Å². The lowest BCUT2D eigenvalue weighted by Crippen LogP contribution is -2.12. The molecule has 0 aliphatic rings. The molecule has 104 valence electrons. The van der Waals surface area contributed by atoms with Crippen LogP contribution in [0.25, 0.3) is 0 Å². The molecule has 0 aromatic carbocycles. The molecule has 0 saturated heterocycles. The number of hydrogen-bond donors (Lipinski definition) is 0. The largest absolute Gasteiger partial charge is 0.0654 e. The summed E-state index contributed by atoms with van der Waals surface area (Å²) in [6, 6.07) is 0. The van der Waals surface area contributed by atoms with E-state index in [2.05, 4.69) is 41.5 Å². The Balaban J connectivity index is 3.94. The highest BCUT2D eigenvalue weighted by Crippen LogP contribution is 2.28. The van der Waals surface area contributed by atoms with Crippen LogP contribution in [-0.2, 0) is 0 Å². The SMILES string of the molecule is CCCC(C)CC(CC)CC(C)CC(C)CC. The molecule has 0 fully saturated rings. The maximum Gasteiger partial charge on any atom is -0.0412 e. The van der Waals surface area contributed by atoms with Crippen LogP contribution in [0, 0.1) is 23.7 Å². The van der Waals surface area contributed by atoms with E-state index in [9.17, 15) is 0 Å². The van der Waals surface area contributed by atoms with Gasteiger partial charge in [-0.15, -0.1) is 0 Å². The van der Waals surface area contributed by atoms with Crippen LogP contribution in [0.2, 0.25) is 0 Å². The van der Waals surface area contributed by atoms with Crippen LogP contribution >= 0.6 is 0 Å². The highest BCUT2D eigenvalue weighted by atomic mass is 14.2. The molecule has 0 spiro atoms. The van der Waals surface area contributed by atoms with Gasteiger partial charge in [0, 0.05) is 0 Å². The van der Waals surface area contributed by atoms with Gasteiger partial charge in [-0.3, -0.25) is 0 Å². The van der Waals surface area contributed by atoms with Crippen LogP contribution in [0.4, 0.5) is 0 Å². The summed E-state index contributed by atoms with van der Waals surface area (Å²) in [6.07, 6.45) is 9.81. The molecule has 4 unspecified atom stereocenters. The number of rotatable bonds is 10.